The van der Waals surface area contributed by atoms with Gasteiger partial charge >= 0.3 is 0 Å². The molecular weight excluding hydrogens is 260 g/mol. The maximum atomic E-state index is 13.5. The van der Waals surface area contributed by atoms with Crippen LogP contribution in [-0.2, 0) is 10.0 Å². The molecule has 0 unspecified atom stereocenters. The first kappa shape index (κ1) is 12.8. The van der Waals surface area contributed by atoms with E-state index in [0.717, 1.165) is 21.7 Å². The van der Waals surface area contributed by atoms with Gasteiger partial charge < -0.3 is 0 Å². The Labute approximate surface area is 104 Å². The molecule has 2 rings (SSSR count). The molecule has 6 heteroatoms. The Kier molecular flexibility index (Phi) is 2.98. The highest BCUT2D eigenvalue weighted by molar-refractivity contribution is 7.90. The second kappa shape index (κ2) is 4.20. The maximum Gasteiger partial charge on any atom is 0.270 e. The van der Waals surface area contributed by atoms with Gasteiger partial charge in [-0.3, -0.25) is 0 Å². The van der Waals surface area contributed by atoms with Crippen molar-refractivity contribution in [3.8, 4) is 0 Å². The van der Waals surface area contributed by atoms with Crippen molar-refractivity contribution in [1.29, 1.82) is 0 Å². The maximum absolute atomic E-state index is 13.5. The van der Waals surface area contributed by atoms with Crippen molar-refractivity contribution in [1.82, 2.24) is 3.97 Å². The lowest BCUT2D eigenvalue weighted by molar-refractivity contribution is 0.545. The molecular formula is C12H11F2NO2S. The number of hydrogen-bond acceptors (Lipinski definition) is 2. The Morgan fingerprint density at radius 3 is 2.28 bits per heavy atom. The fourth-order valence-electron chi connectivity index (χ4n) is 1.77. The highest BCUT2D eigenvalue weighted by atomic mass is 32.2. The molecule has 0 atom stereocenters. The topological polar surface area (TPSA) is 39.1 Å². The van der Waals surface area contributed by atoms with Crippen LogP contribution in [-0.4, -0.2) is 12.4 Å². The van der Waals surface area contributed by atoms with Crippen LogP contribution < -0.4 is 0 Å². The summed E-state index contributed by atoms with van der Waals surface area (Å²) in [5.74, 6) is -1.91. The van der Waals surface area contributed by atoms with Crippen molar-refractivity contribution in [2.45, 2.75) is 18.7 Å². The largest absolute Gasteiger partial charge is 0.270 e. The molecule has 1 aromatic carbocycles. The van der Waals surface area contributed by atoms with E-state index in [2.05, 4.69) is 0 Å². The Hall–Kier alpha value is -1.69. The van der Waals surface area contributed by atoms with Gasteiger partial charge in [-0.05, 0) is 37.6 Å². The molecule has 0 radical (unpaired) electrons. The number of aromatic nitrogens is 1. The zero-order valence-electron chi connectivity index (χ0n) is 9.81. The van der Waals surface area contributed by atoms with Gasteiger partial charge in [0, 0.05) is 18.0 Å². The van der Waals surface area contributed by atoms with Gasteiger partial charge in [0.05, 0.1) is 0 Å². The minimum Gasteiger partial charge on any atom is -0.246 e. The van der Waals surface area contributed by atoms with Gasteiger partial charge in [-0.15, -0.1) is 0 Å². The standard InChI is InChI=1S/C12H11F2NO2S/c1-8-5-9(2)15(7-8)18(16,17)12-4-3-10(13)6-11(12)14/h3-7H,1-2H3. The zero-order chi connectivity index (χ0) is 13.5. The number of aryl methyl sites for hydroxylation is 2. The van der Waals surface area contributed by atoms with E-state index in [1.807, 2.05) is 0 Å². The van der Waals surface area contributed by atoms with Crippen LogP contribution in [0, 0.1) is 25.5 Å². The second-order valence-corrected chi connectivity index (χ2v) is 5.82. The third-order valence-electron chi connectivity index (χ3n) is 2.54. The second-order valence-electron chi connectivity index (χ2n) is 4.03. The Bertz CT molecular complexity index is 705. The summed E-state index contributed by atoms with van der Waals surface area (Å²) in [5, 5.41) is 0. The van der Waals surface area contributed by atoms with Crippen molar-refractivity contribution < 1.29 is 17.2 Å². The van der Waals surface area contributed by atoms with Crippen molar-refractivity contribution in [2.24, 2.45) is 0 Å². The molecule has 18 heavy (non-hydrogen) atoms. The molecule has 0 saturated carbocycles. The first-order valence-electron chi connectivity index (χ1n) is 5.18. The van der Waals surface area contributed by atoms with E-state index in [1.165, 1.54) is 6.20 Å². The van der Waals surface area contributed by atoms with Crippen LogP contribution in [0.3, 0.4) is 0 Å². The number of halogens is 2. The van der Waals surface area contributed by atoms with Gasteiger partial charge in [0.25, 0.3) is 10.0 Å². The van der Waals surface area contributed by atoms with E-state index < -0.39 is 26.6 Å². The van der Waals surface area contributed by atoms with Crippen LogP contribution in [0.25, 0.3) is 0 Å². The molecule has 0 N–H and O–H groups in total. The quantitative estimate of drug-likeness (QED) is 0.842. The summed E-state index contributed by atoms with van der Waals surface area (Å²) >= 11 is 0. The monoisotopic (exact) mass is 271 g/mol. The molecule has 1 heterocycles. The lowest BCUT2D eigenvalue weighted by Crippen LogP contribution is -2.15. The number of nitrogens with zero attached hydrogens (tertiary/aromatic N) is 1. The normalized spacial score (nSPS) is 11.8. The Morgan fingerprint density at radius 1 is 1.11 bits per heavy atom. The smallest absolute Gasteiger partial charge is 0.246 e. The van der Waals surface area contributed by atoms with E-state index in [1.54, 1.807) is 19.9 Å². The number of benzene rings is 1. The molecule has 0 spiro atoms. The minimum absolute atomic E-state index is 0.469. The van der Waals surface area contributed by atoms with Crippen LogP contribution in [0.4, 0.5) is 8.78 Å². The molecule has 0 saturated heterocycles. The summed E-state index contributed by atoms with van der Waals surface area (Å²) in [6, 6.07) is 4.06. The molecule has 0 aliphatic heterocycles. The fourth-order valence-corrected chi connectivity index (χ4v) is 3.26. The SMILES string of the molecule is Cc1cc(C)n(S(=O)(=O)c2ccc(F)cc2F)c1. The van der Waals surface area contributed by atoms with E-state index in [9.17, 15) is 17.2 Å². The minimum atomic E-state index is -4.02. The van der Waals surface area contributed by atoms with E-state index >= 15 is 0 Å². The fraction of sp³-hybridized carbons (Fsp3) is 0.167. The van der Waals surface area contributed by atoms with Gasteiger partial charge in [0.2, 0.25) is 0 Å². The first-order chi connectivity index (χ1) is 8.32. The highest BCUT2D eigenvalue weighted by Gasteiger charge is 2.22. The Morgan fingerprint density at radius 2 is 1.78 bits per heavy atom. The average Bonchev–Trinajstić information content (AvgIpc) is 2.57. The third kappa shape index (κ3) is 2.03. The average molecular weight is 271 g/mol. The summed E-state index contributed by atoms with van der Waals surface area (Å²) in [7, 11) is -4.02. The predicted molar refractivity (Wildman–Crippen MR) is 62.8 cm³/mol. The van der Waals surface area contributed by atoms with Crippen molar-refractivity contribution in [3.05, 3.63) is 53.4 Å². The molecule has 2 aromatic rings. The van der Waals surface area contributed by atoms with Crippen molar-refractivity contribution in [3.63, 3.8) is 0 Å². The van der Waals surface area contributed by atoms with Crippen molar-refractivity contribution in [2.75, 3.05) is 0 Å². The molecule has 0 aliphatic rings. The number of hydrogen-bond donors (Lipinski definition) is 0. The van der Waals surface area contributed by atoms with Crippen LogP contribution >= 0.6 is 0 Å². The molecule has 0 bridgehead atoms. The van der Waals surface area contributed by atoms with Crippen LogP contribution in [0.15, 0.2) is 35.4 Å². The Balaban J connectivity index is 2.65. The molecule has 96 valence electrons. The first-order valence-corrected chi connectivity index (χ1v) is 6.62. The van der Waals surface area contributed by atoms with E-state index in [-0.39, 0.29) is 0 Å². The molecule has 0 aliphatic carbocycles. The van der Waals surface area contributed by atoms with Gasteiger partial charge in [-0.25, -0.2) is 21.2 Å². The molecule has 0 fully saturated rings. The molecule has 1 aromatic heterocycles. The summed E-state index contributed by atoms with van der Waals surface area (Å²) in [6.45, 7) is 3.34. The van der Waals surface area contributed by atoms with Crippen molar-refractivity contribution >= 4 is 10.0 Å². The van der Waals surface area contributed by atoms with Gasteiger partial charge in [-0.1, -0.05) is 0 Å². The lowest BCUT2D eigenvalue weighted by atomic mass is 10.3. The zero-order valence-corrected chi connectivity index (χ0v) is 10.6. The lowest BCUT2D eigenvalue weighted by Gasteiger charge is -2.08. The van der Waals surface area contributed by atoms with Crippen LogP contribution in [0.1, 0.15) is 11.3 Å². The predicted octanol–water partition coefficient (Wildman–Crippen LogP) is 2.62. The summed E-state index contributed by atoms with van der Waals surface area (Å²) < 4.78 is 51.7. The van der Waals surface area contributed by atoms with E-state index in [4.69, 9.17) is 0 Å². The van der Waals surface area contributed by atoms with Gasteiger partial charge in [0.1, 0.15) is 16.5 Å². The van der Waals surface area contributed by atoms with Gasteiger partial charge in [0.15, 0.2) is 0 Å². The van der Waals surface area contributed by atoms with E-state index in [0.29, 0.717) is 11.8 Å². The molecule has 3 nitrogen and oxygen atoms in total. The summed E-state index contributed by atoms with van der Waals surface area (Å²) in [4.78, 5) is -0.539. The molecule has 0 amide bonds. The van der Waals surface area contributed by atoms with Crippen LogP contribution in [0.2, 0.25) is 0 Å². The highest BCUT2D eigenvalue weighted by Crippen LogP contribution is 2.21. The van der Waals surface area contributed by atoms with Gasteiger partial charge in [-0.2, -0.15) is 0 Å². The summed E-state index contributed by atoms with van der Waals surface area (Å²) in [5.41, 5.74) is 1.22. The third-order valence-corrected chi connectivity index (χ3v) is 4.33. The number of rotatable bonds is 2. The van der Waals surface area contributed by atoms with Crippen LogP contribution in [0.5, 0.6) is 0 Å². The summed E-state index contributed by atoms with van der Waals surface area (Å²) in [6.07, 6.45) is 1.40.